The van der Waals surface area contributed by atoms with Gasteiger partial charge in [-0.25, -0.2) is 0 Å². The topological polar surface area (TPSA) is 76.1 Å². The first kappa shape index (κ1) is 21.5. The van der Waals surface area contributed by atoms with Gasteiger partial charge in [0.1, 0.15) is 5.75 Å². The minimum Gasteiger partial charge on any atom is -0.494 e. The number of ether oxygens (including phenoxy) is 2. The highest BCUT2D eigenvalue weighted by molar-refractivity contribution is 8.04. The normalized spacial score (nSPS) is 14.6. The van der Waals surface area contributed by atoms with Crippen LogP contribution in [0.3, 0.4) is 0 Å². The number of aliphatic hydroxyl groups excluding tert-OH is 1. The van der Waals surface area contributed by atoms with Crippen LogP contribution in [0.4, 0.5) is 0 Å². The predicted molar refractivity (Wildman–Crippen MR) is 106 cm³/mol. The Kier molecular flexibility index (Phi) is 8.34. The fourth-order valence-corrected chi connectivity index (χ4v) is 3.60. The van der Waals surface area contributed by atoms with Gasteiger partial charge in [-0.3, -0.25) is 14.5 Å². The fourth-order valence-electron chi connectivity index (χ4n) is 2.72. The smallest absolute Gasteiger partial charge is 0.267 e. The zero-order valence-corrected chi connectivity index (χ0v) is 16.9. The summed E-state index contributed by atoms with van der Waals surface area (Å²) >= 11 is 1.22. The van der Waals surface area contributed by atoms with E-state index in [1.807, 2.05) is 20.8 Å². The van der Waals surface area contributed by atoms with Crippen LogP contribution >= 0.6 is 11.8 Å². The lowest BCUT2D eigenvalue weighted by atomic mass is 10.1. The van der Waals surface area contributed by atoms with E-state index in [1.54, 1.807) is 24.3 Å². The third-order valence-corrected chi connectivity index (χ3v) is 4.95. The van der Waals surface area contributed by atoms with E-state index in [4.69, 9.17) is 14.6 Å². The summed E-state index contributed by atoms with van der Waals surface area (Å²) in [7, 11) is 0. The first-order valence-electron chi connectivity index (χ1n) is 9.18. The second-order valence-corrected chi connectivity index (χ2v) is 7.37. The summed E-state index contributed by atoms with van der Waals surface area (Å²) in [5.74, 6) is 0.478. The van der Waals surface area contributed by atoms with Gasteiger partial charge in [0.15, 0.2) is 0 Å². The number of hydrogen-bond acceptors (Lipinski definition) is 6. The Bertz CT molecular complexity index is 684. The predicted octanol–water partition coefficient (Wildman–Crippen LogP) is 2.71. The van der Waals surface area contributed by atoms with Crippen molar-refractivity contribution in [1.82, 2.24) is 4.90 Å². The van der Waals surface area contributed by atoms with Crippen molar-refractivity contribution < 1.29 is 24.2 Å². The number of amides is 2. The highest BCUT2D eigenvalue weighted by atomic mass is 32.2. The number of imide groups is 1. The highest BCUT2D eigenvalue weighted by Crippen LogP contribution is 2.36. The molecule has 1 heterocycles. The van der Waals surface area contributed by atoms with Gasteiger partial charge in [0, 0.05) is 18.9 Å². The maximum Gasteiger partial charge on any atom is 0.267 e. The number of aliphatic hydroxyl groups is 1. The van der Waals surface area contributed by atoms with Crippen molar-refractivity contribution in [2.75, 3.05) is 32.1 Å². The van der Waals surface area contributed by atoms with E-state index in [2.05, 4.69) is 0 Å². The lowest BCUT2D eigenvalue weighted by molar-refractivity contribution is -0.136. The molecule has 6 nitrogen and oxygen atoms in total. The molecule has 0 radical (unpaired) electrons. The van der Waals surface area contributed by atoms with E-state index >= 15 is 0 Å². The summed E-state index contributed by atoms with van der Waals surface area (Å²) in [4.78, 5) is 27.4. The molecule has 0 spiro atoms. The SMILES string of the molecule is CCOc1ccc(C2=C(SCCO)C(=O)N(CCCOC(C)C)C2=O)cc1. The third-order valence-electron chi connectivity index (χ3n) is 3.89. The largest absolute Gasteiger partial charge is 0.494 e. The maximum atomic E-state index is 12.9. The molecule has 0 fully saturated rings. The van der Waals surface area contributed by atoms with Gasteiger partial charge in [-0.1, -0.05) is 12.1 Å². The summed E-state index contributed by atoms with van der Waals surface area (Å²) in [6, 6.07) is 7.15. The van der Waals surface area contributed by atoms with Crippen molar-refractivity contribution in [2.45, 2.75) is 33.3 Å². The summed E-state index contributed by atoms with van der Waals surface area (Å²) < 4.78 is 10.9. The molecule has 0 atom stereocenters. The Balaban J connectivity index is 2.20. The van der Waals surface area contributed by atoms with Crippen LogP contribution in [-0.4, -0.2) is 60.0 Å². The third kappa shape index (κ3) is 5.57. The van der Waals surface area contributed by atoms with Crippen LogP contribution < -0.4 is 4.74 Å². The number of thioether (sulfide) groups is 1. The zero-order chi connectivity index (χ0) is 19.8. The van der Waals surface area contributed by atoms with Gasteiger partial charge in [-0.15, -0.1) is 11.8 Å². The van der Waals surface area contributed by atoms with Crippen molar-refractivity contribution in [2.24, 2.45) is 0 Å². The van der Waals surface area contributed by atoms with Crippen molar-refractivity contribution >= 4 is 29.1 Å². The van der Waals surface area contributed by atoms with E-state index in [-0.39, 0.29) is 24.5 Å². The Morgan fingerprint density at radius 2 is 1.85 bits per heavy atom. The Morgan fingerprint density at radius 3 is 2.44 bits per heavy atom. The van der Waals surface area contributed by atoms with E-state index < -0.39 is 0 Å². The molecule has 1 aliphatic heterocycles. The molecule has 2 rings (SSSR count). The van der Waals surface area contributed by atoms with Crippen LogP contribution in [0, 0.1) is 0 Å². The molecule has 7 heteroatoms. The van der Waals surface area contributed by atoms with Gasteiger partial charge in [-0.05, 0) is 44.9 Å². The molecule has 1 aliphatic rings. The van der Waals surface area contributed by atoms with Crippen LogP contribution in [0.25, 0.3) is 5.57 Å². The molecule has 1 aromatic carbocycles. The first-order valence-corrected chi connectivity index (χ1v) is 10.2. The molecule has 148 valence electrons. The van der Waals surface area contributed by atoms with Crippen molar-refractivity contribution in [1.29, 1.82) is 0 Å². The van der Waals surface area contributed by atoms with Crippen molar-refractivity contribution in [3.63, 3.8) is 0 Å². The number of hydrogen-bond donors (Lipinski definition) is 1. The first-order chi connectivity index (χ1) is 13.0. The van der Waals surface area contributed by atoms with Gasteiger partial charge in [-0.2, -0.15) is 0 Å². The van der Waals surface area contributed by atoms with Gasteiger partial charge in [0.05, 0.1) is 29.8 Å². The number of carbonyl (C=O) groups excluding carboxylic acids is 2. The van der Waals surface area contributed by atoms with Gasteiger partial charge >= 0.3 is 0 Å². The minimum absolute atomic E-state index is 0.0611. The number of rotatable bonds is 11. The summed E-state index contributed by atoms with van der Waals surface area (Å²) in [6.07, 6.45) is 0.702. The minimum atomic E-state index is -0.299. The Morgan fingerprint density at radius 1 is 1.15 bits per heavy atom. The van der Waals surface area contributed by atoms with E-state index in [9.17, 15) is 9.59 Å². The zero-order valence-electron chi connectivity index (χ0n) is 16.1. The molecular weight excluding hydrogens is 366 g/mol. The number of nitrogens with zero attached hydrogens (tertiary/aromatic N) is 1. The molecule has 0 saturated heterocycles. The number of carbonyl (C=O) groups is 2. The highest BCUT2D eigenvalue weighted by Gasteiger charge is 2.38. The Labute approximate surface area is 164 Å². The fraction of sp³-hybridized carbons (Fsp3) is 0.500. The molecule has 1 N–H and O–H groups in total. The second kappa shape index (κ2) is 10.5. The molecule has 0 unspecified atom stereocenters. The monoisotopic (exact) mass is 393 g/mol. The van der Waals surface area contributed by atoms with Gasteiger partial charge in [0.25, 0.3) is 11.8 Å². The summed E-state index contributed by atoms with van der Waals surface area (Å²) in [6.45, 7) is 7.10. The number of benzene rings is 1. The molecule has 0 aromatic heterocycles. The van der Waals surface area contributed by atoms with Crippen molar-refractivity contribution in [3.05, 3.63) is 34.7 Å². The molecule has 0 aliphatic carbocycles. The summed E-state index contributed by atoms with van der Waals surface area (Å²) in [5, 5.41) is 9.14. The van der Waals surface area contributed by atoms with Gasteiger partial charge in [0.2, 0.25) is 0 Å². The maximum absolute atomic E-state index is 12.9. The quantitative estimate of drug-likeness (QED) is 0.460. The average molecular weight is 394 g/mol. The molecule has 2 amide bonds. The molecule has 27 heavy (non-hydrogen) atoms. The lowest BCUT2D eigenvalue weighted by Gasteiger charge is -2.15. The van der Waals surface area contributed by atoms with E-state index in [0.717, 1.165) is 0 Å². The molecule has 0 saturated carbocycles. The molecule has 0 bridgehead atoms. The van der Waals surface area contributed by atoms with Crippen molar-refractivity contribution in [3.8, 4) is 5.75 Å². The van der Waals surface area contributed by atoms with Crippen LogP contribution in [0.2, 0.25) is 0 Å². The van der Waals surface area contributed by atoms with Crippen LogP contribution in [0.1, 0.15) is 32.8 Å². The molecule has 1 aromatic rings. The van der Waals surface area contributed by atoms with Gasteiger partial charge < -0.3 is 14.6 Å². The van der Waals surface area contributed by atoms with Crippen LogP contribution in [-0.2, 0) is 14.3 Å². The van der Waals surface area contributed by atoms with E-state index in [0.29, 0.717) is 53.7 Å². The second-order valence-electron chi connectivity index (χ2n) is 6.27. The lowest BCUT2D eigenvalue weighted by Crippen LogP contribution is -2.33. The summed E-state index contributed by atoms with van der Waals surface area (Å²) in [5.41, 5.74) is 1.07. The Hall–Kier alpha value is -1.83. The standard InChI is InChI=1S/C20H27NO5S/c1-4-25-16-8-6-15(7-9-16)17-18(27-13-11-22)20(24)21(19(17)23)10-5-12-26-14(2)3/h6-9,14,22H,4-5,10-13H2,1-3H3. The average Bonchev–Trinajstić information content (AvgIpc) is 2.88. The van der Waals surface area contributed by atoms with Crippen LogP contribution in [0.5, 0.6) is 5.75 Å². The van der Waals surface area contributed by atoms with Crippen LogP contribution in [0.15, 0.2) is 29.2 Å². The molecular formula is C20H27NO5S. The van der Waals surface area contributed by atoms with E-state index in [1.165, 1.54) is 16.7 Å².